The Labute approximate surface area is 206 Å². The van der Waals surface area contributed by atoms with Gasteiger partial charge in [0, 0.05) is 17.7 Å². The van der Waals surface area contributed by atoms with Gasteiger partial charge in [-0.3, -0.25) is 10.6 Å². The number of rotatable bonds is 19. The summed E-state index contributed by atoms with van der Waals surface area (Å²) >= 11 is 0. The number of ether oxygens (including phenoxy) is 4. The smallest absolute Gasteiger partial charge is 0.394 e. The van der Waals surface area contributed by atoms with Gasteiger partial charge < -0.3 is 39.4 Å². The lowest BCUT2D eigenvalue weighted by Gasteiger charge is -2.31. The molecule has 0 spiro atoms. The largest absolute Gasteiger partial charge is 0.398 e. The molecule has 0 saturated heterocycles. The van der Waals surface area contributed by atoms with E-state index < -0.39 is 37.3 Å². The fraction of sp³-hybridized carbons (Fsp3) is 0.739. The van der Waals surface area contributed by atoms with Crippen molar-refractivity contribution in [2.24, 2.45) is 11.3 Å². The third-order valence-corrected chi connectivity index (χ3v) is 4.60. The van der Waals surface area contributed by atoms with Crippen molar-refractivity contribution in [3.05, 3.63) is 24.3 Å². The minimum Gasteiger partial charge on any atom is -0.394 e. The molecule has 0 aromatic rings. The van der Waals surface area contributed by atoms with E-state index in [4.69, 9.17) is 24.1 Å². The third kappa shape index (κ3) is 15.7. The van der Waals surface area contributed by atoms with Gasteiger partial charge >= 0.3 is 17.9 Å². The molecule has 0 aromatic carbocycles. The van der Waals surface area contributed by atoms with E-state index >= 15 is 0 Å². The first kappa shape index (κ1) is 33.1. The van der Waals surface area contributed by atoms with E-state index in [-0.39, 0.29) is 35.7 Å². The molecule has 0 amide bonds. The summed E-state index contributed by atoms with van der Waals surface area (Å²) in [5.74, 6) is -4.58. The van der Waals surface area contributed by atoms with Crippen molar-refractivity contribution in [3.8, 4) is 0 Å². The molecule has 6 N–H and O–H groups in total. The number of carbonyl (C=O) groups excluding carboxylic acids is 2. The Bertz CT molecular complexity index is 670. The number of hydrogen-bond acceptors (Lipinski definition) is 12. The zero-order chi connectivity index (χ0) is 27.2. The predicted molar refractivity (Wildman–Crippen MR) is 126 cm³/mol. The Morgan fingerprint density at radius 3 is 1.97 bits per heavy atom. The maximum Gasteiger partial charge on any atom is 0.398 e. The average Bonchev–Trinajstić information content (AvgIpc) is 2.74. The second-order valence-corrected chi connectivity index (χ2v) is 9.26. The van der Waals surface area contributed by atoms with Gasteiger partial charge in [-0.15, -0.1) is 0 Å². The number of carbonyl (C=O) groups is 2. The molecule has 0 bridgehead atoms. The summed E-state index contributed by atoms with van der Waals surface area (Å²) < 4.78 is 19.6. The summed E-state index contributed by atoms with van der Waals surface area (Å²) in [6.45, 7) is 15.3. The monoisotopic (exact) mass is 506 g/mol. The lowest BCUT2D eigenvalue weighted by molar-refractivity contribution is -0.350. The fourth-order valence-electron chi connectivity index (χ4n) is 2.94. The van der Waals surface area contributed by atoms with Gasteiger partial charge in [-0.25, -0.2) is 9.59 Å². The normalized spacial score (nSPS) is 14.7. The van der Waals surface area contributed by atoms with Crippen LogP contribution in [0.2, 0.25) is 0 Å². The fourth-order valence-corrected chi connectivity index (χ4v) is 2.94. The standard InChI is InChI=1S/C23H42N2O10/c1-15(2)18(27)34-23(31,35-19(28)16(3)4)14-33-21(30)25-13-22(6,7)12-17(5)8-9-24-20(29)32-11-10-26/h17,20-21,24-26,29-31H,1,3,8-14H2,2,4-7H3. The molecule has 204 valence electrons. The predicted octanol–water partition coefficient (Wildman–Crippen LogP) is 0.0701. The van der Waals surface area contributed by atoms with Crippen LogP contribution in [0.15, 0.2) is 24.3 Å². The van der Waals surface area contributed by atoms with Crippen LogP contribution in [0.5, 0.6) is 0 Å². The van der Waals surface area contributed by atoms with E-state index in [0.29, 0.717) is 13.1 Å². The van der Waals surface area contributed by atoms with Crippen LogP contribution in [0.1, 0.15) is 47.5 Å². The van der Waals surface area contributed by atoms with Crippen LogP contribution in [0.4, 0.5) is 0 Å². The molecule has 0 aromatic heterocycles. The molecule has 12 nitrogen and oxygen atoms in total. The third-order valence-electron chi connectivity index (χ3n) is 4.60. The molecular formula is C23H42N2O10. The van der Waals surface area contributed by atoms with Crippen molar-refractivity contribution >= 4 is 11.9 Å². The number of nitrogens with one attached hydrogen (secondary N) is 2. The highest BCUT2D eigenvalue weighted by atomic mass is 16.9. The molecule has 3 atom stereocenters. The van der Waals surface area contributed by atoms with Crippen LogP contribution in [0, 0.1) is 11.3 Å². The maximum atomic E-state index is 11.8. The summed E-state index contributed by atoms with van der Waals surface area (Å²) in [4.78, 5) is 23.6. The molecule has 0 fully saturated rings. The topological polar surface area (TPSA) is 176 Å². The highest BCUT2D eigenvalue weighted by molar-refractivity contribution is 5.88. The summed E-state index contributed by atoms with van der Waals surface area (Å²) in [6.07, 6.45) is -1.20. The molecule has 35 heavy (non-hydrogen) atoms. The number of esters is 2. The number of hydrogen-bond donors (Lipinski definition) is 6. The quantitative estimate of drug-likeness (QED) is 0.0791. The van der Waals surface area contributed by atoms with Crippen molar-refractivity contribution < 1.29 is 49.0 Å². The van der Waals surface area contributed by atoms with Crippen molar-refractivity contribution in [1.29, 1.82) is 0 Å². The molecule has 0 aliphatic heterocycles. The molecule has 0 saturated carbocycles. The minimum absolute atomic E-state index is 0.0386. The van der Waals surface area contributed by atoms with Gasteiger partial charge in [-0.05, 0) is 44.6 Å². The van der Waals surface area contributed by atoms with Gasteiger partial charge in [0.25, 0.3) is 0 Å². The maximum absolute atomic E-state index is 11.8. The van der Waals surface area contributed by atoms with E-state index in [1.165, 1.54) is 13.8 Å². The second kappa shape index (κ2) is 16.0. The molecule has 0 radical (unpaired) electrons. The first-order valence-corrected chi connectivity index (χ1v) is 11.3. The molecule has 12 heteroatoms. The Balaban J connectivity index is 4.66. The van der Waals surface area contributed by atoms with Crippen molar-refractivity contribution in [2.75, 3.05) is 32.9 Å². The molecule has 3 unspecified atom stereocenters. The van der Waals surface area contributed by atoms with Crippen molar-refractivity contribution in [3.63, 3.8) is 0 Å². The average molecular weight is 507 g/mol. The molecule has 0 heterocycles. The van der Waals surface area contributed by atoms with Crippen LogP contribution in [0.25, 0.3) is 0 Å². The first-order chi connectivity index (χ1) is 16.1. The van der Waals surface area contributed by atoms with Gasteiger partial charge in [-0.1, -0.05) is 33.9 Å². The molecular weight excluding hydrogens is 464 g/mol. The molecule has 0 aliphatic carbocycles. The van der Waals surface area contributed by atoms with Gasteiger partial charge in [0.1, 0.15) is 0 Å². The van der Waals surface area contributed by atoms with E-state index in [1.807, 2.05) is 20.8 Å². The highest BCUT2D eigenvalue weighted by Gasteiger charge is 2.38. The lowest BCUT2D eigenvalue weighted by Crippen LogP contribution is -2.48. The van der Waals surface area contributed by atoms with Gasteiger partial charge in [-0.2, -0.15) is 0 Å². The van der Waals surface area contributed by atoms with E-state index in [2.05, 4.69) is 23.8 Å². The Morgan fingerprint density at radius 2 is 1.49 bits per heavy atom. The number of aliphatic hydroxyl groups is 4. The van der Waals surface area contributed by atoms with Gasteiger partial charge in [0.2, 0.25) is 12.8 Å². The highest BCUT2D eigenvalue weighted by Crippen LogP contribution is 2.26. The SMILES string of the molecule is C=C(C)C(=O)OC(O)(COC(O)NCC(C)(C)CC(C)CCNC(O)OCCO)OC(=O)C(=C)C. The first-order valence-electron chi connectivity index (χ1n) is 11.3. The van der Waals surface area contributed by atoms with E-state index in [9.17, 15) is 24.9 Å². The molecule has 0 aliphatic rings. The van der Waals surface area contributed by atoms with E-state index in [0.717, 1.165) is 12.8 Å². The van der Waals surface area contributed by atoms with Crippen LogP contribution in [-0.2, 0) is 28.5 Å². The Kier molecular flexibility index (Phi) is 15.1. The summed E-state index contributed by atoms with van der Waals surface area (Å²) in [5.41, 5.74) is -0.372. The van der Waals surface area contributed by atoms with Crippen LogP contribution < -0.4 is 10.6 Å². The summed E-state index contributed by atoms with van der Waals surface area (Å²) in [7, 11) is 0. The number of aliphatic hydroxyl groups excluding tert-OH is 3. The minimum atomic E-state index is -2.79. The zero-order valence-corrected chi connectivity index (χ0v) is 21.3. The lowest BCUT2D eigenvalue weighted by atomic mass is 9.82. The van der Waals surface area contributed by atoms with Crippen LogP contribution >= 0.6 is 0 Å². The Morgan fingerprint density at radius 1 is 0.971 bits per heavy atom. The second-order valence-electron chi connectivity index (χ2n) is 9.26. The Hall–Kier alpha value is -1.90. The van der Waals surface area contributed by atoms with Crippen molar-refractivity contribution in [2.45, 2.75) is 66.3 Å². The zero-order valence-electron chi connectivity index (χ0n) is 21.3. The molecule has 0 rings (SSSR count). The van der Waals surface area contributed by atoms with Crippen LogP contribution in [-0.4, -0.2) is 84.1 Å². The van der Waals surface area contributed by atoms with E-state index in [1.54, 1.807) is 0 Å². The summed E-state index contributed by atoms with van der Waals surface area (Å²) in [5, 5.41) is 44.4. The van der Waals surface area contributed by atoms with Gasteiger partial charge in [0.15, 0.2) is 6.61 Å². The van der Waals surface area contributed by atoms with Crippen LogP contribution in [0.3, 0.4) is 0 Å². The van der Waals surface area contributed by atoms with Crippen molar-refractivity contribution in [1.82, 2.24) is 10.6 Å². The van der Waals surface area contributed by atoms with Gasteiger partial charge in [0.05, 0.1) is 13.2 Å². The summed E-state index contributed by atoms with van der Waals surface area (Å²) in [6, 6.07) is 0.